The lowest BCUT2D eigenvalue weighted by molar-refractivity contribution is 0.202. The van der Waals surface area contributed by atoms with Crippen molar-refractivity contribution < 1.29 is 0 Å². The van der Waals surface area contributed by atoms with Gasteiger partial charge in [0.2, 0.25) is 0 Å². The van der Waals surface area contributed by atoms with E-state index in [1.54, 1.807) is 0 Å². The van der Waals surface area contributed by atoms with Gasteiger partial charge >= 0.3 is 0 Å². The summed E-state index contributed by atoms with van der Waals surface area (Å²) >= 11 is 0. The molecule has 0 atom stereocenters. The summed E-state index contributed by atoms with van der Waals surface area (Å²) in [5, 5.41) is 12.7. The first-order valence-electron chi connectivity index (χ1n) is 7.80. The second kappa shape index (κ2) is 5.27. The first-order chi connectivity index (χ1) is 10.3. The third kappa shape index (κ3) is 2.61. The molecule has 0 amide bonds. The molecular weight excluding hydrogens is 264 g/mol. The van der Waals surface area contributed by atoms with Gasteiger partial charge in [-0.05, 0) is 32.0 Å². The Labute approximate surface area is 124 Å². The van der Waals surface area contributed by atoms with E-state index in [1.807, 2.05) is 0 Å². The van der Waals surface area contributed by atoms with Crippen LogP contribution in [-0.2, 0) is 32.7 Å². The van der Waals surface area contributed by atoms with Gasteiger partial charge in [0.25, 0.3) is 0 Å². The Kier molecular flexibility index (Phi) is 3.27. The van der Waals surface area contributed by atoms with Crippen LogP contribution in [0, 0.1) is 6.92 Å². The molecule has 0 bridgehead atoms. The molecule has 0 radical (unpaired) electrons. The molecule has 6 nitrogen and oxygen atoms in total. The Morgan fingerprint density at radius 1 is 1.10 bits per heavy atom. The van der Waals surface area contributed by atoms with Crippen molar-refractivity contribution in [1.29, 1.82) is 0 Å². The van der Waals surface area contributed by atoms with Crippen LogP contribution in [0.2, 0.25) is 0 Å². The minimum Gasteiger partial charge on any atom is -0.311 e. The number of fused-ring (bicyclic) bond motifs is 2. The zero-order valence-corrected chi connectivity index (χ0v) is 12.5. The van der Waals surface area contributed by atoms with Crippen LogP contribution in [0.4, 0.5) is 0 Å². The highest BCUT2D eigenvalue weighted by Crippen LogP contribution is 2.17. The number of nitrogens with one attached hydrogen (secondary N) is 1. The van der Waals surface area contributed by atoms with Crippen molar-refractivity contribution in [2.24, 2.45) is 0 Å². The summed E-state index contributed by atoms with van der Waals surface area (Å²) in [5.74, 6) is 0. The van der Waals surface area contributed by atoms with E-state index in [0.29, 0.717) is 0 Å². The minimum absolute atomic E-state index is 0.935. The molecule has 112 valence electrons. The molecule has 2 aliphatic rings. The topological polar surface area (TPSA) is 50.9 Å². The number of rotatable bonds is 2. The van der Waals surface area contributed by atoms with E-state index in [2.05, 4.69) is 43.7 Å². The van der Waals surface area contributed by atoms with Gasteiger partial charge in [0.1, 0.15) is 0 Å². The fourth-order valence-corrected chi connectivity index (χ4v) is 3.33. The Morgan fingerprint density at radius 3 is 2.95 bits per heavy atom. The summed E-state index contributed by atoms with van der Waals surface area (Å²) in [4.78, 5) is 2.46. The maximum absolute atomic E-state index is 4.78. The average molecular weight is 286 g/mol. The fraction of sp³-hybridized carbons (Fsp3) is 0.600. The molecular formula is C15H22N6. The molecule has 0 fully saturated rings. The summed E-state index contributed by atoms with van der Waals surface area (Å²) in [6.07, 6.45) is 1.16. The van der Waals surface area contributed by atoms with Crippen LogP contribution in [0.3, 0.4) is 0 Å². The Balaban J connectivity index is 1.47. The van der Waals surface area contributed by atoms with Crippen molar-refractivity contribution >= 4 is 0 Å². The van der Waals surface area contributed by atoms with Crippen molar-refractivity contribution in [1.82, 2.24) is 29.8 Å². The third-order valence-electron chi connectivity index (χ3n) is 4.33. The summed E-state index contributed by atoms with van der Waals surface area (Å²) in [6.45, 7) is 9.08. The van der Waals surface area contributed by atoms with Crippen LogP contribution in [0.15, 0.2) is 12.1 Å². The Bertz CT molecular complexity index is 617. The van der Waals surface area contributed by atoms with Gasteiger partial charge < -0.3 is 5.32 Å². The van der Waals surface area contributed by atoms with Crippen LogP contribution < -0.4 is 5.32 Å². The minimum atomic E-state index is 0.935. The smallest absolute Gasteiger partial charge is 0.0768 e. The number of aromatic nitrogens is 4. The molecule has 21 heavy (non-hydrogen) atoms. The molecule has 1 N–H and O–H groups in total. The van der Waals surface area contributed by atoms with Gasteiger partial charge in [-0.3, -0.25) is 14.3 Å². The van der Waals surface area contributed by atoms with Crippen molar-refractivity contribution in [3.8, 4) is 0 Å². The molecule has 2 aliphatic heterocycles. The number of aryl methyl sites for hydroxylation is 2. The lowest BCUT2D eigenvalue weighted by Crippen LogP contribution is -2.33. The predicted octanol–water partition coefficient (Wildman–Crippen LogP) is 0.897. The second-order valence-electron chi connectivity index (χ2n) is 6.09. The SMILES string of the molecule is Cc1cc2n(n1)CCN(Cc1cc3n(n1)CCCNC3)C2. The summed E-state index contributed by atoms with van der Waals surface area (Å²) in [7, 11) is 0. The molecule has 6 heteroatoms. The van der Waals surface area contributed by atoms with Crippen molar-refractivity contribution in [2.75, 3.05) is 13.1 Å². The van der Waals surface area contributed by atoms with E-state index >= 15 is 0 Å². The maximum atomic E-state index is 4.78. The first kappa shape index (κ1) is 13.0. The Hall–Kier alpha value is -1.66. The van der Waals surface area contributed by atoms with E-state index in [9.17, 15) is 0 Å². The Morgan fingerprint density at radius 2 is 2.00 bits per heavy atom. The lowest BCUT2D eigenvalue weighted by atomic mass is 10.2. The molecule has 0 spiro atoms. The average Bonchev–Trinajstić information content (AvgIpc) is 2.94. The molecule has 4 rings (SSSR count). The number of nitrogens with zero attached hydrogens (tertiary/aromatic N) is 5. The van der Waals surface area contributed by atoms with Gasteiger partial charge in [-0.25, -0.2) is 0 Å². The molecule has 2 aromatic rings. The summed E-state index contributed by atoms with van der Waals surface area (Å²) < 4.78 is 4.31. The zero-order valence-electron chi connectivity index (χ0n) is 12.5. The van der Waals surface area contributed by atoms with Crippen LogP contribution >= 0.6 is 0 Å². The molecule has 2 aromatic heterocycles. The highest BCUT2D eigenvalue weighted by molar-refractivity contribution is 5.13. The van der Waals surface area contributed by atoms with Gasteiger partial charge in [0, 0.05) is 32.7 Å². The first-order valence-corrected chi connectivity index (χ1v) is 7.80. The highest BCUT2D eigenvalue weighted by atomic mass is 15.3. The standard InChI is InChI=1S/C15H22N6/c1-12-7-15-11-19(5-6-21(15)17-12)10-13-8-14-9-16-3-2-4-20(14)18-13/h7-8,16H,2-6,9-11H2,1H3. The number of hydrogen-bond acceptors (Lipinski definition) is 4. The zero-order chi connectivity index (χ0) is 14.2. The van der Waals surface area contributed by atoms with E-state index in [1.165, 1.54) is 17.1 Å². The molecule has 0 unspecified atom stereocenters. The van der Waals surface area contributed by atoms with Crippen LogP contribution in [-0.4, -0.2) is 37.6 Å². The van der Waals surface area contributed by atoms with E-state index in [4.69, 9.17) is 5.10 Å². The van der Waals surface area contributed by atoms with Crippen molar-refractivity contribution in [2.45, 2.75) is 46.1 Å². The summed E-state index contributed by atoms with van der Waals surface area (Å²) in [5.41, 5.74) is 4.95. The molecule has 0 saturated carbocycles. The van der Waals surface area contributed by atoms with Crippen molar-refractivity contribution in [3.05, 3.63) is 34.9 Å². The van der Waals surface area contributed by atoms with Crippen LogP contribution in [0.5, 0.6) is 0 Å². The van der Waals surface area contributed by atoms with E-state index in [0.717, 1.165) is 57.9 Å². The van der Waals surface area contributed by atoms with Gasteiger partial charge in [-0.1, -0.05) is 0 Å². The van der Waals surface area contributed by atoms with Gasteiger partial charge in [-0.2, -0.15) is 10.2 Å². The van der Waals surface area contributed by atoms with E-state index < -0.39 is 0 Å². The molecule has 0 aromatic carbocycles. The van der Waals surface area contributed by atoms with E-state index in [-0.39, 0.29) is 0 Å². The molecule has 4 heterocycles. The van der Waals surface area contributed by atoms with Gasteiger partial charge in [-0.15, -0.1) is 0 Å². The summed E-state index contributed by atoms with van der Waals surface area (Å²) in [6, 6.07) is 4.45. The normalized spacial score (nSPS) is 19.1. The quantitative estimate of drug-likeness (QED) is 0.891. The van der Waals surface area contributed by atoms with Crippen LogP contribution in [0.1, 0.15) is 29.2 Å². The molecule has 0 saturated heterocycles. The van der Waals surface area contributed by atoms with Gasteiger partial charge in [0.05, 0.1) is 29.3 Å². The maximum Gasteiger partial charge on any atom is 0.0768 e. The van der Waals surface area contributed by atoms with Gasteiger partial charge in [0.15, 0.2) is 0 Å². The lowest BCUT2D eigenvalue weighted by Gasteiger charge is -2.26. The van der Waals surface area contributed by atoms with Crippen LogP contribution in [0.25, 0.3) is 0 Å². The monoisotopic (exact) mass is 286 g/mol. The molecule has 0 aliphatic carbocycles. The fourth-order valence-electron chi connectivity index (χ4n) is 3.33. The number of hydrogen-bond donors (Lipinski definition) is 1. The second-order valence-corrected chi connectivity index (χ2v) is 6.09. The van der Waals surface area contributed by atoms with Crippen molar-refractivity contribution in [3.63, 3.8) is 0 Å². The highest BCUT2D eigenvalue weighted by Gasteiger charge is 2.19. The predicted molar refractivity (Wildman–Crippen MR) is 79.6 cm³/mol. The largest absolute Gasteiger partial charge is 0.311 e. The third-order valence-corrected chi connectivity index (χ3v) is 4.33.